The van der Waals surface area contributed by atoms with E-state index in [1.807, 2.05) is 54.8 Å². The molecule has 4 nitrogen and oxygen atoms in total. The van der Waals surface area contributed by atoms with Crippen LogP contribution in [0.2, 0.25) is 5.02 Å². The van der Waals surface area contributed by atoms with Gasteiger partial charge in [0.2, 0.25) is 0 Å². The number of halogens is 1. The maximum absolute atomic E-state index is 9.59. The van der Waals surface area contributed by atoms with Crippen LogP contribution >= 0.6 is 22.9 Å². The van der Waals surface area contributed by atoms with Gasteiger partial charge in [0.05, 0.1) is 12.0 Å². The van der Waals surface area contributed by atoms with E-state index in [0.29, 0.717) is 15.6 Å². The molecule has 0 bridgehead atoms. The highest BCUT2D eigenvalue weighted by molar-refractivity contribution is 7.10. The predicted octanol–water partition coefficient (Wildman–Crippen LogP) is 5.74. The highest BCUT2D eigenvalue weighted by Crippen LogP contribution is 2.32. The molecule has 0 amide bonds. The van der Waals surface area contributed by atoms with Gasteiger partial charge < -0.3 is 5.32 Å². The number of benzene rings is 2. The van der Waals surface area contributed by atoms with E-state index in [0.717, 1.165) is 22.5 Å². The number of nitrogens with one attached hydrogen (secondary N) is 1. The van der Waals surface area contributed by atoms with Crippen molar-refractivity contribution in [3.63, 3.8) is 0 Å². The van der Waals surface area contributed by atoms with E-state index in [2.05, 4.69) is 22.4 Å². The summed E-state index contributed by atoms with van der Waals surface area (Å²) in [6.45, 7) is 1.89. The topological polar surface area (TPSA) is 72.5 Å². The van der Waals surface area contributed by atoms with Crippen LogP contribution in [0.5, 0.6) is 0 Å². The van der Waals surface area contributed by atoms with E-state index >= 15 is 0 Å². The van der Waals surface area contributed by atoms with Crippen molar-refractivity contribution in [1.82, 2.24) is 4.98 Å². The molecule has 132 valence electrons. The minimum absolute atomic E-state index is 0.434. The van der Waals surface area contributed by atoms with Gasteiger partial charge >= 0.3 is 0 Å². The van der Waals surface area contributed by atoms with E-state index in [-0.39, 0.29) is 0 Å². The summed E-state index contributed by atoms with van der Waals surface area (Å²) in [7, 11) is 0. The maximum atomic E-state index is 9.59. The van der Waals surface area contributed by atoms with Crippen LogP contribution in [0.4, 0.5) is 5.69 Å². The summed E-state index contributed by atoms with van der Waals surface area (Å²) in [6.07, 6.45) is 1.61. The fraction of sp³-hybridized carbons (Fsp3) is 0.0952. The van der Waals surface area contributed by atoms with Crippen molar-refractivity contribution in [1.29, 1.82) is 10.5 Å². The molecule has 1 N–H and O–H groups in total. The number of anilines is 1. The molecule has 6 heteroatoms. The van der Waals surface area contributed by atoms with Crippen LogP contribution in [0.25, 0.3) is 5.57 Å². The van der Waals surface area contributed by atoms with E-state index < -0.39 is 5.92 Å². The Morgan fingerprint density at radius 3 is 2.59 bits per heavy atom. The van der Waals surface area contributed by atoms with Gasteiger partial charge in [-0.25, -0.2) is 4.98 Å². The number of rotatable bonds is 5. The van der Waals surface area contributed by atoms with Gasteiger partial charge in [-0.15, -0.1) is 11.3 Å². The number of allylic oxidation sites excluding steroid dienone is 1. The lowest BCUT2D eigenvalue weighted by Crippen LogP contribution is -2.00. The average molecular weight is 391 g/mol. The van der Waals surface area contributed by atoms with Gasteiger partial charge in [0, 0.05) is 28.0 Å². The van der Waals surface area contributed by atoms with Crippen LogP contribution in [0, 0.1) is 29.6 Å². The molecule has 1 atom stereocenters. The molecule has 3 rings (SSSR count). The Kier molecular flexibility index (Phi) is 5.88. The molecule has 0 radical (unpaired) electrons. The van der Waals surface area contributed by atoms with Gasteiger partial charge in [-0.2, -0.15) is 10.5 Å². The minimum Gasteiger partial charge on any atom is -0.360 e. The van der Waals surface area contributed by atoms with Crippen LogP contribution in [0.3, 0.4) is 0 Å². The number of nitrogens with zero attached hydrogens (tertiary/aromatic N) is 3. The second-order valence-corrected chi connectivity index (χ2v) is 7.08. The van der Waals surface area contributed by atoms with Crippen LogP contribution in [0.1, 0.15) is 27.7 Å². The average Bonchev–Trinajstić information content (AvgIpc) is 3.11. The molecule has 0 aliphatic heterocycles. The fourth-order valence-electron chi connectivity index (χ4n) is 2.60. The van der Waals surface area contributed by atoms with Gasteiger partial charge in [0.25, 0.3) is 0 Å². The lowest BCUT2D eigenvalue weighted by atomic mass is 9.92. The highest BCUT2D eigenvalue weighted by atomic mass is 35.5. The van der Waals surface area contributed by atoms with Gasteiger partial charge in [-0.3, -0.25) is 0 Å². The lowest BCUT2D eigenvalue weighted by Gasteiger charge is -2.13. The highest BCUT2D eigenvalue weighted by Gasteiger charge is 2.16. The third-order valence-electron chi connectivity index (χ3n) is 3.93. The van der Waals surface area contributed by atoms with Crippen LogP contribution in [-0.2, 0) is 0 Å². The van der Waals surface area contributed by atoms with Crippen molar-refractivity contribution in [2.75, 3.05) is 5.32 Å². The number of nitriles is 2. The third-order valence-corrected chi connectivity index (χ3v) is 5.25. The Balaban J connectivity index is 1.84. The van der Waals surface area contributed by atoms with Crippen molar-refractivity contribution in [3.8, 4) is 12.1 Å². The van der Waals surface area contributed by atoms with Gasteiger partial charge in [0.1, 0.15) is 16.6 Å². The molecular formula is C21H15ClN4S. The first-order valence-corrected chi connectivity index (χ1v) is 9.41. The summed E-state index contributed by atoms with van der Waals surface area (Å²) in [6, 6.07) is 19.4. The Bertz CT molecular complexity index is 1060. The molecule has 27 heavy (non-hydrogen) atoms. The largest absolute Gasteiger partial charge is 0.360 e. The first kappa shape index (κ1) is 18.7. The van der Waals surface area contributed by atoms with Crippen LogP contribution in [-0.4, -0.2) is 4.98 Å². The molecule has 2 aromatic carbocycles. The van der Waals surface area contributed by atoms with Gasteiger partial charge in [-0.1, -0.05) is 48.0 Å². The number of hydrogen-bond donors (Lipinski definition) is 1. The molecule has 0 aliphatic rings. The van der Waals surface area contributed by atoms with E-state index in [1.165, 1.54) is 11.3 Å². The Labute approximate surface area is 167 Å². The number of thiazole rings is 1. The molecule has 0 unspecified atom stereocenters. The lowest BCUT2D eigenvalue weighted by molar-refractivity contribution is 1.04. The standard InChI is InChI=1S/C21H15ClN4S/c1-14-13-27-21(26-14)16(10-23)12-25-17-7-8-18(20(22)9-17)19(11-24)15-5-3-2-4-6-15/h2-9,12-13,19,25H,1H3/b16-12+/t19-/m0/s1. The van der Waals surface area contributed by atoms with Crippen molar-refractivity contribution in [2.45, 2.75) is 12.8 Å². The van der Waals surface area contributed by atoms with Gasteiger partial charge in [-0.05, 0) is 30.2 Å². The quantitative estimate of drug-likeness (QED) is 0.564. The number of hydrogen-bond acceptors (Lipinski definition) is 5. The zero-order chi connectivity index (χ0) is 19.2. The fourth-order valence-corrected chi connectivity index (χ4v) is 3.65. The molecule has 0 fully saturated rings. The summed E-state index contributed by atoms with van der Waals surface area (Å²) in [4.78, 5) is 4.32. The molecule has 0 aliphatic carbocycles. The number of aromatic nitrogens is 1. The first-order valence-electron chi connectivity index (χ1n) is 8.15. The Hall–Kier alpha value is -3.12. The molecule has 0 saturated heterocycles. The summed E-state index contributed by atoms with van der Waals surface area (Å²) >= 11 is 7.86. The van der Waals surface area contributed by atoms with Crippen molar-refractivity contribution >= 4 is 34.2 Å². The normalized spacial score (nSPS) is 12.1. The molecule has 1 heterocycles. The summed E-state index contributed by atoms with van der Waals surface area (Å²) in [5, 5.41) is 25.1. The molecule has 1 aromatic heterocycles. The minimum atomic E-state index is -0.434. The van der Waals surface area contributed by atoms with Crippen LogP contribution < -0.4 is 5.32 Å². The van der Waals surface area contributed by atoms with Crippen molar-refractivity contribution in [2.24, 2.45) is 0 Å². The molecule has 0 saturated carbocycles. The van der Waals surface area contributed by atoms with E-state index in [9.17, 15) is 10.5 Å². The first-order chi connectivity index (χ1) is 13.1. The van der Waals surface area contributed by atoms with E-state index in [4.69, 9.17) is 11.6 Å². The number of aryl methyl sites for hydroxylation is 1. The predicted molar refractivity (Wildman–Crippen MR) is 109 cm³/mol. The Morgan fingerprint density at radius 1 is 1.22 bits per heavy atom. The van der Waals surface area contributed by atoms with Gasteiger partial charge in [0.15, 0.2) is 0 Å². The maximum Gasteiger partial charge on any atom is 0.135 e. The zero-order valence-corrected chi connectivity index (χ0v) is 16.1. The van der Waals surface area contributed by atoms with Crippen molar-refractivity contribution < 1.29 is 0 Å². The second-order valence-electron chi connectivity index (χ2n) is 5.82. The summed E-state index contributed by atoms with van der Waals surface area (Å²) in [5.74, 6) is -0.434. The summed E-state index contributed by atoms with van der Waals surface area (Å²) < 4.78 is 0. The summed E-state index contributed by atoms with van der Waals surface area (Å²) in [5.41, 5.74) is 3.71. The molecule has 3 aromatic rings. The molecular weight excluding hydrogens is 376 g/mol. The zero-order valence-electron chi connectivity index (χ0n) is 14.5. The van der Waals surface area contributed by atoms with E-state index in [1.54, 1.807) is 12.3 Å². The second kappa shape index (κ2) is 8.51. The van der Waals surface area contributed by atoms with Crippen LogP contribution in [0.15, 0.2) is 60.1 Å². The molecule has 0 spiro atoms. The third kappa shape index (κ3) is 4.35. The Morgan fingerprint density at radius 2 is 2.00 bits per heavy atom. The SMILES string of the molecule is Cc1csc(/C(C#N)=C/Nc2ccc([C@@H](C#N)c3ccccc3)c(Cl)c2)n1. The monoisotopic (exact) mass is 390 g/mol. The van der Waals surface area contributed by atoms with Crippen molar-refractivity contribution in [3.05, 3.63) is 87.0 Å². The smallest absolute Gasteiger partial charge is 0.135 e.